The molecule has 0 fully saturated rings. The van der Waals surface area contributed by atoms with Gasteiger partial charge in [0, 0.05) is 83.4 Å². The Bertz CT molecular complexity index is 5990. The molecule has 468 valence electrons. The molecule has 8 aromatic carbocycles. The van der Waals surface area contributed by atoms with Crippen LogP contribution < -0.4 is 0 Å². The molecule has 0 amide bonds. The van der Waals surface area contributed by atoms with Gasteiger partial charge in [-0.1, -0.05) is 199 Å². The molecule has 0 atom stereocenters. The summed E-state index contributed by atoms with van der Waals surface area (Å²) in [6.07, 6.45) is 7.55. The van der Waals surface area contributed by atoms with Gasteiger partial charge in [-0.05, 0) is 148 Å². The normalized spacial score (nSPS) is 15.2. The third-order valence-corrected chi connectivity index (χ3v) is 27.3. The Morgan fingerprint density at radius 3 is 1.49 bits per heavy atom. The molecule has 6 nitrogen and oxygen atoms in total. The minimum absolute atomic E-state index is 0.0759. The number of nitriles is 4. The SMILES string of the molecule is C=C/C=C(\SC/C=C1\C(=O)c2ccccc2C1=C(C#N)C#N)c1cc2sc3c4c(sc3c2s1)-c1cc2c(cc1C4(c1ccc(C)cc1)c1ccc(C)cc1)-c1sc3cc(-c4ccc(/C=C5\C(=O)c6ccccc6C5=C(C#N)C#N)s4)ccc3c1C2(c1ccc(C)cc1)c1ccc(C)cc1. The Balaban J connectivity index is 0.856. The smallest absolute Gasteiger partial charge is 0.194 e. The van der Waals surface area contributed by atoms with Crippen LogP contribution in [0.4, 0.5) is 0 Å². The fraction of sp³-hybridized carbons (Fsp3) is 0.0805. The average Bonchev–Trinajstić information content (AvgIpc) is 1.49. The van der Waals surface area contributed by atoms with E-state index in [4.69, 9.17) is 0 Å². The topological polar surface area (TPSA) is 129 Å². The van der Waals surface area contributed by atoms with E-state index in [-0.39, 0.29) is 22.7 Å². The van der Waals surface area contributed by atoms with Gasteiger partial charge in [-0.2, -0.15) is 21.0 Å². The number of fused-ring (bicyclic) bond motifs is 14. The monoisotopic (exact) mass is 1380 g/mol. The summed E-state index contributed by atoms with van der Waals surface area (Å²) in [5.41, 5.74) is 20.1. The second-order valence-corrected chi connectivity index (χ2v) is 31.8. The first-order valence-corrected chi connectivity index (χ1v) is 37.3. The average molecular weight is 1380 g/mol. The molecule has 0 saturated heterocycles. The van der Waals surface area contributed by atoms with E-state index in [2.05, 4.69) is 186 Å². The molecule has 17 rings (SSSR count). The van der Waals surface area contributed by atoms with E-state index in [1.54, 1.807) is 58.7 Å². The number of Topliss-reactive ketones (excluding diaryl/α,β-unsaturated/α-hetero) is 2. The number of ketones is 2. The molecule has 0 unspecified atom stereocenters. The lowest BCUT2D eigenvalue weighted by molar-refractivity contribution is 0.103. The Labute approximate surface area is 596 Å². The highest BCUT2D eigenvalue weighted by molar-refractivity contribution is 8.08. The van der Waals surface area contributed by atoms with Gasteiger partial charge in [0.05, 0.1) is 24.9 Å². The van der Waals surface area contributed by atoms with Crippen LogP contribution in [-0.4, -0.2) is 17.3 Å². The van der Waals surface area contributed by atoms with E-state index in [1.807, 2.05) is 101 Å². The molecule has 0 bridgehead atoms. The van der Waals surface area contributed by atoms with Crippen LogP contribution in [0.25, 0.3) is 82.3 Å². The molecule has 4 aliphatic carbocycles. The summed E-state index contributed by atoms with van der Waals surface area (Å²) in [7, 11) is 0. The molecule has 0 spiro atoms. The first-order valence-electron chi connectivity index (χ1n) is 32.2. The lowest BCUT2D eigenvalue weighted by atomic mass is 9.65. The highest BCUT2D eigenvalue weighted by Gasteiger charge is 2.54. The van der Waals surface area contributed by atoms with Crippen molar-refractivity contribution in [1.29, 1.82) is 21.0 Å². The minimum Gasteiger partial charge on any atom is -0.289 e. The van der Waals surface area contributed by atoms with Gasteiger partial charge < -0.3 is 0 Å². The maximum Gasteiger partial charge on any atom is 0.194 e. The molecule has 5 heterocycles. The highest BCUT2D eigenvalue weighted by atomic mass is 32.2. The first kappa shape index (κ1) is 61.7. The van der Waals surface area contributed by atoms with E-state index in [0.29, 0.717) is 50.3 Å². The molecule has 0 N–H and O–H groups in total. The molecule has 4 aliphatic rings. The molecular formula is C87H52N4O2S6. The van der Waals surface area contributed by atoms with Crippen LogP contribution in [0.15, 0.2) is 241 Å². The number of thioether (sulfide) groups is 1. The van der Waals surface area contributed by atoms with Gasteiger partial charge in [-0.3, -0.25) is 9.59 Å². The first-order chi connectivity index (χ1) is 48.3. The minimum atomic E-state index is -0.753. The number of thiophene rings is 5. The molecule has 12 heteroatoms. The van der Waals surface area contributed by atoms with Crippen LogP contribution in [0, 0.1) is 73.0 Å². The number of carbonyl (C=O) groups is 2. The van der Waals surface area contributed by atoms with Crippen molar-refractivity contribution in [2.75, 3.05) is 5.75 Å². The van der Waals surface area contributed by atoms with Crippen molar-refractivity contribution in [2.24, 2.45) is 0 Å². The quantitative estimate of drug-likeness (QED) is 0.0716. The largest absolute Gasteiger partial charge is 0.289 e. The number of benzene rings is 8. The summed E-state index contributed by atoms with van der Waals surface area (Å²) in [5, 5.41) is 41.4. The van der Waals surface area contributed by atoms with Crippen LogP contribution in [0.5, 0.6) is 0 Å². The standard InChI is InChI=1S/C87H52N4O2S6/c1-6-11-71(94-37-36-64-75(52(43-88)44-89)59-12-7-9-14-61(59)79(64)92)73-42-74-83(97-73)85-84(98-74)78-82(99-85)66-41-68-65(40-69(66)87(78,56-29-20-49(4)21-30-56)57-31-22-50(5)23-32-57)81-77(86(68,54-25-16-47(2)17-26-54)55-27-18-48(3)19-28-55)63-34-24-51(38-72(63)96-81)70-35-33-58(95-70)39-67-76(53(45-90)46-91)60-13-8-10-15-62(60)80(67)93/h6-36,38-42H,1,37H2,2-5H3/b64-36-,67-39-,71-11-. The van der Waals surface area contributed by atoms with E-state index in [9.17, 15) is 30.6 Å². The van der Waals surface area contributed by atoms with Gasteiger partial charge in [0.25, 0.3) is 0 Å². The van der Waals surface area contributed by atoms with Crippen molar-refractivity contribution in [3.8, 4) is 55.6 Å². The summed E-state index contributed by atoms with van der Waals surface area (Å²) >= 11 is 10.6. The predicted molar refractivity (Wildman–Crippen MR) is 412 cm³/mol. The van der Waals surface area contributed by atoms with Gasteiger partial charge in [0.1, 0.15) is 35.4 Å². The third-order valence-electron chi connectivity index (χ3n) is 19.9. The highest BCUT2D eigenvalue weighted by Crippen LogP contribution is 2.68. The zero-order chi connectivity index (χ0) is 67.8. The molecule has 0 radical (unpaired) electrons. The maximum absolute atomic E-state index is 14.0. The van der Waals surface area contributed by atoms with Crippen LogP contribution >= 0.6 is 68.4 Å². The second-order valence-electron chi connectivity index (χ2n) is 25.4. The number of hydrogen-bond donors (Lipinski definition) is 0. The van der Waals surface area contributed by atoms with Crippen molar-refractivity contribution in [3.05, 3.63) is 340 Å². The molecule has 99 heavy (non-hydrogen) atoms. The Hall–Kier alpha value is -10.9. The Kier molecular flexibility index (Phi) is 14.8. The van der Waals surface area contributed by atoms with Gasteiger partial charge in [-0.25, -0.2) is 0 Å². The fourth-order valence-electron chi connectivity index (χ4n) is 15.5. The van der Waals surface area contributed by atoms with Gasteiger partial charge in [0.2, 0.25) is 0 Å². The van der Waals surface area contributed by atoms with Crippen molar-refractivity contribution in [3.63, 3.8) is 0 Å². The maximum atomic E-state index is 14.0. The number of rotatable bonds is 11. The summed E-state index contributed by atoms with van der Waals surface area (Å²) in [6.45, 7) is 12.8. The van der Waals surface area contributed by atoms with E-state index < -0.39 is 10.8 Å². The fourth-order valence-corrected chi connectivity index (χ4v) is 23.2. The van der Waals surface area contributed by atoms with Crippen molar-refractivity contribution < 1.29 is 9.59 Å². The van der Waals surface area contributed by atoms with Crippen LogP contribution in [0.3, 0.4) is 0 Å². The molecule has 13 aromatic rings. The van der Waals surface area contributed by atoms with Crippen LogP contribution in [-0.2, 0) is 10.8 Å². The molecule has 0 saturated carbocycles. The Morgan fingerprint density at radius 2 is 0.970 bits per heavy atom. The third kappa shape index (κ3) is 9.19. The summed E-state index contributed by atoms with van der Waals surface area (Å²) in [5.74, 6) is 0.0434. The summed E-state index contributed by atoms with van der Waals surface area (Å²) in [4.78, 5) is 34.4. The lowest BCUT2D eigenvalue weighted by Gasteiger charge is -2.36. The zero-order valence-corrected chi connectivity index (χ0v) is 58.7. The van der Waals surface area contributed by atoms with Crippen molar-refractivity contribution in [2.45, 2.75) is 38.5 Å². The second kappa shape index (κ2) is 23.7. The molecular weight excluding hydrogens is 1330 g/mol. The van der Waals surface area contributed by atoms with Crippen molar-refractivity contribution in [1.82, 2.24) is 0 Å². The number of aryl methyl sites for hydroxylation is 4. The van der Waals surface area contributed by atoms with Crippen LogP contribution in [0.1, 0.15) is 108 Å². The lowest BCUT2D eigenvalue weighted by Crippen LogP contribution is -2.30. The predicted octanol–water partition coefficient (Wildman–Crippen LogP) is 23.0. The van der Waals surface area contributed by atoms with E-state index >= 15 is 0 Å². The Morgan fingerprint density at radius 1 is 0.475 bits per heavy atom. The van der Waals surface area contributed by atoms with E-state index in [1.165, 1.54) is 112 Å². The molecule has 0 aliphatic heterocycles. The van der Waals surface area contributed by atoms with Gasteiger partial charge in [0.15, 0.2) is 11.6 Å². The van der Waals surface area contributed by atoms with E-state index in [0.717, 1.165) is 29.8 Å². The van der Waals surface area contributed by atoms with Crippen molar-refractivity contribution >= 4 is 131 Å². The number of hydrogen-bond acceptors (Lipinski definition) is 12. The van der Waals surface area contributed by atoms with Gasteiger partial charge in [-0.15, -0.1) is 68.4 Å². The zero-order valence-electron chi connectivity index (χ0n) is 53.8. The molecule has 5 aromatic heterocycles. The number of allylic oxidation sites excluding steroid dienone is 8. The van der Waals surface area contributed by atoms with Crippen LogP contribution in [0.2, 0.25) is 0 Å². The number of nitrogens with zero attached hydrogens (tertiary/aromatic N) is 4. The summed E-state index contributed by atoms with van der Waals surface area (Å²) < 4.78 is 6.11. The van der Waals surface area contributed by atoms with Gasteiger partial charge >= 0.3 is 0 Å². The summed E-state index contributed by atoms with van der Waals surface area (Å²) in [6, 6.07) is 78.0. The number of carbonyl (C=O) groups excluding carboxylic acids is 2.